The van der Waals surface area contributed by atoms with Crippen LogP contribution in [0.5, 0.6) is 5.75 Å². The van der Waals surface area contributed by atoms with Crippen LogP contribution in [0.25, 0.3) is 0 Å². The van der Waals surface area contributed by atoms with Crippen molar-refractivity contribution in [2.45, 2.75) is 32.9 Å². The van der Waals surface area contributed by atoms with Gasteiger partial charge >= 0.3 is 6.61 Å². The van der Waals surface area contributed by atoms with Gasteiger partial charge in [-0.2, -0.15) is 8.78 Å². The van der Waals surface area contributed by atoms with Crippen molar-refractivity contribution in [1.82, 2.24) is 10.2 Å². The van der Waals surface area contributed by atoms with Crippen LogP contribution in [0.2, 0.25) is 0 Å². The van der Waals surface area contributed by atoms with Crippen molar-refractivity contribution in [2.75, 3.05) is 25.5 Å². The van der Waals surface area contributed by atoms with Crippen LogP contribution >= 0.6 is 0 Å². The topological polar surface area (TPSA) is 70.7 Å². The van der Waals surface area contributed by atoms with Gasteiger partial charge in [-0.15, -0.1) is 0 Å². The number of hydrogen-bond donors (Lipinski definition) is 2. The van der Waals surface area contributed by atoms with Crippen LogP contribution in [-0.2, 0) is 9.59 Å². The molecule has 0 saturated carbocycles. The molecular formula is C16H23F2N3O3. The number of likely N-dealkylation sites (N-methyl/N-ethyl adjacent to an activating group) is 1. The fourth-order valence-electron chi connectivity index (χ4n) is 1.92. The molecule has 0 aromatic heterocycles. The van der Waals surface area contributed by atoms with E-state index in [0.717, 1.165) is 0 Å². The van der Waals surface area contributed by atoms with E-state index in [0.29, 0.717) is 5.69 Å². The summed E-state index contributed by atoms with van der Waals surface area (Å²) in [5, 5.41) is 5.43. The lowest BCUT2D eigenvalue weighted by Gasteiger charge is -2.23. The second-order valence-electron chi connectivity index (χ2n) is 6.42. The molecule has 6 nitrogen and oxygen atoms in total. The molecule has 2 amide bonds. The van der Waals surface area contributed by atoms with Gasteiger partial charge in [-0.05, 0) is 52.1 Å². The third-order valence-corrected chi connectivity index (χ3v) is 2.70. The van der Waals surface area contributed by atoms with E-state index in [4.69, 9.17) is 0 Å². The largest absolute Gasteiger partial charge is 0.435 e. The van der Waals surface area contributed by atoms with E-state index < -0.39 is 6.61 Å². The third-order valence-electron chi connectivity index (χ3n) is 2.70. The van der Waals surface area contributed by atoms with Crippen molar-refractivity contribution in [2.24, 2.45) is 0 Å². The molecule has 0 aliphatic heterocycles. The first-order valence-corrected chi connectivity index (χ1v) is 7.39. The van der Waals surface area contributed by atoms with Gasteiger partial charge in [0, 0.05) is 11.2 Å². The molecule has 8 heteroatoms. The first-order chi connectivity index (χ1) is 11.0. The Bertz CT molecular complexity index is 557. The number of anilines is 1. The zero-order chi connectivity index (χ0) is 18.3. The maximum absolute atomic E-state index is 12.1. The summed E-state index contributed by atoms with van der Waals surface area (Å²) in [5.74, 6) is -0.478. The summed E-state index contributed by atoms with van der Waals surface area (Å²) in [6.07, 6.45) is 0. The highest BCUT2D eigenvalue weighted by Crippen LogP contribution is 2.17. The average molecular weight is 343 g/mol. The van der Waals surface area contributed by atoms with Gasteiger partial charge in [-0.25, -0.2) is 0 Å². The van der Waals surface area contributed by atoms with Crippen LogP contribution in [0.1, 0.15) is 20.8 Å². The van der Waals surface area contributed by atoms with Crippen LogP contribution in [-0.4, -0.2) is 49.0 Å². The lowest BCUT2D eigenvalue weighted by Crippen LogP contribution is -2.46. The van der Waals surface area contributed by atoms with Gasteiger partial charge in [0.2, 0.25) is 11.8 Å². The van der Waals surface area contributed by atoms with Crippen molar-refractivity contribution >= 4 is 17.5 Å². The zero-order valence-electron chi connectivity index (χ0n) is 14.2. The van der Waals surface area contributed by atoms with Gasteiger partial charge in [-0.3, -0.25) is 14.5 Å². The van der Waals surface area contributed by atoms with Crippen molar-refractivity contribution in [3.05, 3.63) is 24.3 Å². The van der Waals surface area contributed by atoms with E-state index in [2.05, 4.69) is 15.4 Å². The highest BCUT2D eigenvalue weighted by molar-refractivity contribution is 5.92. The number of hydrogen-bond acceptors (Lipinski definition) is 4. The highest BCUT2D eigenvalue weighted by Gasteiger charge is 2.16. The van der Waals surface area contributed by atoms with E-state index in [1.165, 1.54) is 24.3 Å². The summed E-state index contributed by atoms with van der Waals surface area (Å²) in [7, 11) is 1.65. The third kappa shape index (κ3) is 8.42. The Balaban J connectivity index is 2.43. The van der Waals surface area contributed by atoms with Crippen molar-refractivity contribution < 1.29 is 23.1 Å². The quantitative estimate of drug-likeness (QED) is 0.795. The number of carbonyl (C=O) groups excluding carboxylic acids is 2. The number of nitrogens with one attached hydrogen (secondary N) is 2. The SMILES string of the molecule is CN(CC(=O)Nc1ccc(OC(F)F)cc1)CC(=O)NC(C)(C)C. The van der Waals surface area contributed by atoms with Gasteiger partial charge in [0.05, 0.1) is 13.1 Å². The van der Waals surface area contributed by atoms with Gasteiger partial charge < -0.3 is 15.4 Å². The number of nitrogens with zero attached hydrogens (tertiary/aromatic N) is 1. The number of ether oxygens (including phenoxy) is 1. The van der Waals surface area contributed by atoms with E-state index in [1.54, 1.807) is 11.9 Å². The van der Waals surface area contributed by atoms with E-state index in [-0.39, 0.29) is 36.2 Å². The standard InChI is InChI=1S/C16H23F2N3O3/c1-16(2,3)20-14(23)10-21(4)9-13(22)19-11-5-7-12(8-6-11)24-15(17)18/h5-8,15H,9-10H2,1-4H3,(H,19,22)(H,20,23). The van der Waals surface area contributed by atoms with E-state index >= 15 is 0 Å². The summed E-state index contributed by atoms with van der Waals surface area (Å²) in [6, 6.07) is 5.59. The molecule has 0 bridgehead atoms. The van der Waals surface area contributed by atoms with Gasteiger partial charge in [-0.1, -0.05) is 0 Å². The van der Waals surface area contributed by atoms with Crippen LogP contribution in [0.4, 0.5) is 14.5 Å². The Morgan fingerprint density at radius 2 is 1.67 bits per heavy atom. The first-order valence-electron chi connectivity index (χ1n) is 7.39. The average Bonchev–Trinajstić information content (AvgIpc) is 2.37. The summed E-state index contributed by atoms with van der Waals surface area (Å²) in [4.78, 5) is 25.3. The Hall–Kier alpha value is -2.22. The fourth-order valence-corrected chi connectivity index (χ4v) is 1.92. The van der Waals surface area contributed by atoms with Gasteiger partial charge in [0.15, 0.2) is 0 Å². The number of amides is 2. The maximum atomic E-state index is 12.1. The van der Waals surface area contributed by atoms with Crippen molar-refractivity contribution in [3.63, 3.8) is 0 Å². The Morgan fingerprint density at radius 1 is 1.12 bits per heavy atom. The first kappa shape index (κ1) is 19.8. The van der Waals surface area contributed by atoms with Crippen LogP contribution in [0, 0.1) is 0 Å². The van der Waals surface area contributed by atoms with E-state index in [1.807, 2.05) is 20.8 Å². The lowest BCUT2D eigenvalue weighted by molar-refractivity contribution is -0.124. The molecule has 0 spiro atoms. The molecule has 24 heavy (non-hydrogen) atoms. The fraction of sp³-hybridized carbons (Fsp3) is 0.500. The number of alkyl halides is 2. The zero-order valence-corrected chi connectivity index (χ0v) is 14.2. The molecule has 1 aromatic carbocycles. The summed E-state index contributed by atoms with van der Waals surface area (Å²) in [5.41, 5.74) is 0.122. The molecule has 0 unspecified atom stereocenters. The Labute approximate surface area is 140 Å². The van der Waals surface area contributed by atoms with Crippen molar-refractivity contribution in [3.8, 4) is 5.75 Å². The number of benzene rings is 1. The normalized spacial score (nSPS) is 11.5. The minimum absolute atomic E-state index is 0.0129. The minimum atomic E-state index is -2.89. The molecule has 1 aromatic rings. The predicted octanol–water partition coefficient (Wildman–Crippen LogP) is 2.07. The summed E-state index contributed by atoms with van der Waals surface area (Å²) >= 11 is 0. The summed E-state index contributed by atoms with van der Waals surface area (Å²) in [6.45, 7) is 2.84. The van der Waals surface area contributed by atoms with Crippen LogP contribution < -0.4 is 15.4 Å². The maximum Gasteiger partial charge on any atom is 0.387 e. The van der Waals surface area contributed by atoms with Crippen LogP contribution in [0.3, 0.4) is 0 Å². The second kappa shape index (κ2) is 8.58. The monoisotopic (exact) mass is 343 g/mol. The molecule has 2 N–H and O–H groups in total. The molecule has 0 radical (unpaired) electrons. The van der Waals surface area contributed by atoms with E-state index in [9.17, 15) is 18.4 Å². The van der Waals surface area contributed by atoms with Gasteiger partial charge in [0.25, 0.3) is 0 Å². The second-order valence-corrected chi connectivity index (χ2v) is 6.42. The number of halogens is 2. The van der Waals surface area contributed by atoms with Gasteiger partial charge in [0.1, 0.15) is 5.75 Å². The Morgan fingerprint density at radius 3 is 2.17 bits per heavy atom. The van der Waals surface area contributed by atoms with Crippen molar-refractivity contribution in [1.29, 1.82) is 0 Å². The summed E-state index contributed by atoms with van der Waals surface area (Å²) < 4.78 is 28.3. The predicted molar refractivity (Wildman–Crippen MR) is 87.1 cm³/mol. The van der Waals surface area contributed by atoms with Crippen LogP contribution in [0.15, 0.2) is 24.3 Å². The molecular weight excluding hydrogens is 320 g/mol. The molecule has 0 saturated heterocycles. The molecule has 1 rings (SSSR count). The molecule has 0 aliphatic carbocycles. The molecule has 134 valence electrons. The molecule has 0 heterocycles. The lowest BCUT2D eigenvalue weighted by atomic mass is 10.1. The molecule has 0 atom stereocenters. The Kier molecular flexibility index (Phi) is 7.09. The highest BCUT2D eigenvalue weighted by atomic mass is 19.3. The minimum Gasteiger partial charge on any atom is -0.435 e. The molecule has 0 fully saturated rings. The molecule has 0 aliphatic rings. The number of rotatable bonds is 7. The smallest absolute Gasteiger partial charge is 0.387 e. The number of carbonyl (C=O) groups is 2.